The molecule has 9 nitrogen and oxygen atoms in total. The fourth-order valence-electron chi connectivity index (χ4n) is 3.13. The van der Waals surface area contributed by atoms with Gasteiger partial charge >= 0.3 is 0 Å². The maximum Gasteiger partial charge on any atom is 0.236 e. The Morgan fingerprint density at radius 3 is 2.54 bits per heavy atom. The Morgan fingerprint density at radius 1 is 1.08 bits per heavy atom. The lowest BCUT2D eigenvalue weighted by Gasteiger charge is -2.36. The van der Waals surface area contributed by atoms with Crippen LogP contribution in [0.25, 0.3) is 0 Å². The van der Waals surface area contributed by atoms with Crippen molar-refractivity contribution in [2.75, 3.05) is 59.0 Å². The number of piperazine rings is 1. The summed E-state index contributed by atoms with van der Waals surface area (Å²) in [5.41, 5.74) is 0. The standard InChI is InChI=1S/C15H27N7O2/c1-2-3-22-14(16-17-18-22)12-19-4-6-21(7-5-19)15(23)13-20-8-10-24-11-9-20/h2-13H2,1H3. The summed E-state index contributed by atoms with van der Waals surface area (Å²) in [5, 5.41) is 11.9. The van der Waals surface area contributed by atoms with Crippen molar-refractivity contribution in [1.82, 2.24) is 34.9 Å². The van der Waals surface area contributed by atoms with Crippen molar-refractivity contribution >= 4 is 5.91 Å². The lowest BCUT2D eigenvalue weighted by atomic mass is 10.3. The van der Waals surface area contributed by atoms with E-state index in [2.05, 4.69) is 32.2 Å². The molecule has 2 saturated heterocycles. The average Bonchev–Trinajstić information content (AvgIpc) is 3.04. The number of nitrogens with zero attached hydrogens (tertiary/aromatic N) is 7. The van der Waals surface area contributed by atoms with E-state index in [1.807, 2.05) is 9.58 Å². The van der Waals surface area contributed by atoms with Crippen LogP contribution < -0.4 is 0 Å². The first-order valence-corrected chi connectivity index (χ1v) is 8.81. The first-order chi connectivity index (χ1) is 11.8. The summed E-state index contributed by atoms with van der Waals surface area (Å²) < 4.78 is 7.20. The molecule has 2 aliphatic rings. The highest BCUT2D eigenvalue weighted by Gasteiger charge is 2.24. The molecule has 1 aromatic heterocycles. The fourth-order valence-corrected chi connectivity index (χ4v) is 3.13. The molecule has 134 valence electrons. The largest absolute Gasteiger partial charge is 0.379 e. The van der Waals surface area contributed by atoms with Gasteiger partial charge in [-0.3, -0.25) is 14.6 Å². The van der Waals surface area contributed by atoms with E-state index >= 15 is 0 Å². The second-order valence-corrected chi connectivity index (χ2v) is 6.36. The number of rotatable bonds is 6. The van der Waals surface area contributed by atoms with Gasteiger partial charge in [0.2, 0.25) is 5.91 Å². The van der Waals surface area contributed by atoms with Crippen LogP contribution in [0.15, 0.2) is 0 Å². The molecule has 0 radical (unpaired) electrons. The first-order valence-electron chi connectivity index (χ1n) is 8.81. The number of aryl methyl sites for hydroxylation is 1. The number of hydrogen-bond donors (Lipinski definition) is 0. The number of amides is 1. The van der Waals surface area contributed by atoms with E-state index < -0.39 is 0 Å². The van der Waals surface area contributed by atoms with Crippen molar-refractivity contribution in [3.8, 4) is 0 Å². The minimum absolute atomic E-state index is 0.229. The van der Waals surface area contributed by atoms with E-state index in [-0.39, 0.29) is 5.91 Å². The smallest absolute Gasteiger partial charge is 0.236 e. The summed E-state index contributed by atoms with van der Waals surface area (Å²) in [6.45, 7) is 10.7. The summed E-state index contributed by atoms with van der Waals surface area (Å²) in [6.07, 6.45) is 1.02. The van der Waals surface area contributed by atoms with Crippen LogP contribution in [0.4, 0.5) is 0 Å². The monoisotopic (exact) mass is 337 g/mol. The number of aromatic nitrogens is 4. The lowest BCUT2D eigenvalue weighted by Crippen LogP contribution is -2.52. The molecule has 2 aliphatic heterocycles. The molecule has 0 aliphatic carbocycles. The number of ether oxygens (including phenoxy) is 1. The van der Waals surface area contributed by atoms with Gasteiger partial charge in [0, 0.05) is 45.8 Å². The van der Waals surface area contributed by atoms with E-state index in [0.717, 1.165) is 77.8 Å². The van der Waals surface area contributed by atoms with Crippen molar-refractivity contribution in [3.05, 3.63) is 5.82 Å². The highest BCUT2D eigenvalue weighted by Crippen LogP contribution is 2.08. The fraction of sp³-hybridized carbons (Fsp3) is 0.867. The van der Waals surface area contributed by atoms with Crippen molar-refractivity contribution in [2.45, 2.75) is 26.4 Å². The minimum atomic E-state index is 0.229. The topological polar surface area (TPSA) is 79.6 Å². The number of morpholine rings is 1. The third-order valence-electron chi connectivity index (χ3n) is 4.59. The Balaban J connectivity index is 1.43. The van der Waals surface area contributed by atoms with E-state index in [1.54, 1.807) is 0 Å². The molecular weight excluding hydrogens is 310 g/mol. The molecule has 0 unspecified atom stereocenters. The third-order valence-corrected chi connectivity index (χ3v) is 4.59. The molecule has 0 spiro atoms. The molecule has 0 saturated carbocycles. The molecule has 1 aromatic rings. The molecule has 3 heterocycles. The molecule has 24 heavy (non-hydrogen) atoms. The van der Waals surface area contributed by atoms with Gasteiger partial charge in [0.25, 0.3) is 0 Å². The molecule has 3 rings (SSSR count). The van der Waals surface area contributed by atoms with Crippen LogP contribution >= 0.6 is 0 Å². The maximum atomic E-state index is 12.4. The summed E-state index contributed by atoms with van der Waals surface area (Å²) in [7, 11) is 0. The lowest BCUT2D eigenvalue weighted by molar-refractivity contribution is -0.135. The van der Waals surface area contributed by atoms with Gasteiger partial charge < -0.3 is 9.64 Å². The second kappa shape index (κ2) is 8.50. The quantitative estimate of drug-likeness (QED) is 0.663. The Kier molecular flexibility index (Phi) is 6.11. The van der Waals surface area contributed by atoms with Crippen LogP contribution in [-0.4, -0.2) is 99.8 Å². The second-order valence-electron chi connectivity index (χ2n) is 6.36. The van der Waals surface area contributed by atoms with Crippen LogP contribution in [0.3, 0.4) is 0 Å². The highest BCUT2D eigenvalue weighted by atomic mass is 16.5. The SMILES string of the molecule is CCCn1nnnc1CN1CCN(C(=O)CN2CCOCC2)CC1. The summed E-state index contributed by atoms with van der Waals surface area (Å²) in [5.74, 6) is 1.14. The Labute approximate surface area is 142 Å². The molecule has 0 N–H and O–H groups in total. The molecule has 0 aromatic carbocycles. The van der Waals surface area contributed by atoms with E-state index in [4.69, 9.17) is 4.74 Å². The maximum absolute atomic E-state index is 12.4. The van der Waals surface area contributed by atoms with Crippen LogP contribution in [0.1, 0.15) is 19.2 Å². The molecule has 1 amide bonds. The predicted octanol–water partition coefficient (Wildman–Crippen LogP) is -0.940. The highest BCUT2D eigenvalue weighted by molar-refractivity contribution is 5.78. The molecule has 9 heteroatoms. The van der Waals surface area contributed by atoms with Crippen molar-refractivity contribution in [3.63, 3.8) is 0 Å². The van der Waals surface area contributed by atoms with Gasteiger partial charge in [0.05, 0.1) is 26.3 Å². The minimum Gasteiger partial charge on any atom is -0.379 e. The van der Waals surface area contributed by atoms with Gasteiger partial charge in [0.15, 0.2) is 5.82 Å². The molecule has 0 bridgehead atoms. The van der Waals surface area contributed by atoms with Gasteiger partial charge in [-0.2, -0.15) is 0 Å². The third kappa shape index (κ3) is 4.49. The van der Waals surface area contributed by atoms with E-state index in [0.29, 0.717) is 6.54 Å². The van der Waals surface area contributed by atoms with Crippen LogP contribution in [0.5, 0.6) is 0 Å². The summed E-state index contributed by atoms with van der Waals surface area (Å²) >= 11 is 0. The zero-order chi connectivity index (χ0) is 16.8. The van der Waals surface area contributed by atoms with Gasteiger partial charge in [-0.1, -0.05) is 6.92 Å². The zero-order valence-corrected chi connectivity index (χ0v) is 14.4. The van der Waals surface area contributed by atoms with Gasteiger partial charge in [0.1, 0.15) is 0 Å². The van der Waals surface area contributed by atoms with E-state index in [9.17, 15) is 4.79 Å². The van der Waals surface area contributed by atoms with Gasteiger partial charge in [-0.25, -0.2) is 4.68 Å². The summed E-state index contributed by atoms with van der Waals surface area (Å²) in [4.78, 5) is 18.9. The number of carbonyl (C=O) groups excluding carboxylic acids is 1. The van der Waals surface area contributed by atoms with Gasteiger partial charge in [-0.05, 0) is 16.8 Å². The van der Waals surface area contributed by atoms with Gasteiger partial charge in [-0.15, -0.1) is 5.10 Å². The van der Waals surface area contributed by atoms with E-state index in [1.165, 1.54) is 0 Å². The van der Waals surface area contributed by atoms with Crippen LogP contribution in [0.2, 0.25) is 0 Å². The predicted molar refractivity (Wildman–Crippen MR) is 87.2 cm³/mol. The van der Waals surface area contributed by atoms with Crippen molar-refractivity contribution < 1.29 is 9.53 Å². The normalized spacial score (nSPS) is 20.5. The van der Waals surface area contributed by atoms with Crippen LogP contribution in [0, 0.1) is 0 Å². The zero-order valence-electron chi connectivity index (χ0n) is 14.4. The summed E-state index contributed by atoms with van der Waals surface area (Å²) in [6, 6.07) is 0. The molecular formula is C15H27N7O2. The Bertz CT molecular complexity index is 522. The van der Waals surface area contributed by atoms with Crippen molar-refractivity contribution in [1.29, 1.82) is 0 Å². The van der Waals surface area contributed by atoms with Crippen LogP contribution in [-0.2, 0) is 22.6 Å². The first kappa shape index (κ1) is 17.2. The Hall–Kier alpha value is -1.58. The average molecular weight is 337 g/mol. The number of carbonyl (C=O) groups is 1. The number of tetrazole rings is 1. The molecule has 0 atom stereocenters. The molecule has 2 fully saturated rings. The van der Waals surface area contributed by atoms with Crippen molar-refractivity contribution in [2.24, 2.45) is 0 Å². The number of hydrogen-bond acceptors (Lipinski definition) is 7. The Morgan fingerprint density at radius 2 is 1.83 bits per heavy atom.